The lowest BCUT2D eigenvalue weighted by molar-refractivity contribution is 0.0970. The predicted octanol–water partition coefficient (Wildman–Crippen LogP) is 3.10. The van der Waals surface area contributed by atoms with Gasteiger partial charge in [-0.1, -0.05) is 23.5 Å². The standard InChI is InChI=1S/C19H12N4O3S/c1-10-21-22-19(27-10)23-15(11-6-8-20-9-7-11)14-16(24)12-4-2-3-5-13(12)26-17(14)18(23)25/h2-9,15H,1H3. The third kappa shape index (κ3) is 2.30. The van der Waals surface area contributed by atoms with E-state index in [1.807, 2.05) is 6.92 Å². The van der Waals surface area contributed by atoms with E-state index in [0.717, 1.165) is 10.6 Å². The number of pyridine rings is 1. The van der Waals surface area contributed by atoms with E-state index in [1.165, 1.54) is 16.2 Å². The fourth-order valence-corrected chi connectivity index (χ4v) is 4.08. The summed E-state index contributed by atoms with van der Waals surface area (Å²) in [6, 6.07) is 9.85. The highest BCUT2D eigenvalue weighted by atomic mass is 32.1. The normalized spacial score (nSPS) is 16.1. The number of carbonyl (C=O) groups excluding carboxylic acids is 1. The zero-order valence-electron chi connectivity index (χ0n) is 14.1. The molecule has 4 aromatic rings. The Hall–Kier alpha value is -3.39. The van der Waals surface area contributed by atoms with Crippen molar-refractivity contribution in [1.29, 1.82) is 0 Å². The molecule has 1 unspecified atom stereocenters. The first-order valence-corrected chi connectivity index (χ1v) is 9.06. The first-order valence-electron chi connectivity index (χ1n) is 8.24. The molecule has 1 atom stereocenters. The third-order valence-corrected chi connectivity index (χ3v) is 5.36. The van der Waals surface area contributed by atoms with Gasteiger partial charge in [0.05, 0.1) is 17.0 Å². The number of amides is 1. The summed E-state index contributed by atoms with van der Waals surface area (Å²) in [4.78, 5) is 32.0. The molecule has 0 saturated carbocycles. The third-order valence-electron chi connectivity index (χ3n) is 4.52. The minimum absolute atomic E-state index is 0.0494. The summed E-state index contributed by atoms with van der Waals surface area (Å²) in [5, 5.41) is 9.73. The number of carbonyl (C=O) groups is 1. The molecule has 0 radical (unpaired) electrons. The van der Waals surface area contributed by atoms with Crippen molar-refractivity contribution >= 4 is 33.3 Å². The molecular weight excluding hydrogens is 364 g/mol. The zero-order chi connectivity index (χ0) is 18.5. The van der Waals surface area contributed by atoms with E-state index < -0.39 is 11.9 Å². The van der Waals surface area contributed by atoms with Crippen LogP contribution in [-0.2, 0) is 0 Å². The second-order valence-electron chi connectivity index (χ2n) is 6.13. The number of hydrogen-bond donors (Lipinski definition) is 0. The summed E-state index contributed by atoms with van der Waals surface area (Å²) < 4.78 is 5.86. The van der Waals surface area contributed by atoms with Gasteiger partial charge in [0.25, 0.3) is 5.91 Å². The van der Waals surface area contributed by atoms with Crippen LogP contribution in [0, 0.1) is 6.92 Å². The van der Waals surface area contributed by atoms with Gasteiger partial charge in [0.2, 0.25) is 10.9 Å². The van der Waals surface area contributed by atoms with Gasteiger partial charge in [-0.2, -0.15) is 0 Å². The highest BCUT2D eigenvalue weighted by molar-refractivity contribution is 7.15. The van der Waals surface area contributed by atoms with E-state index in [2.05, 4.69) is 15.2 Å². The van der Waals surface area contributed by atoms with Gasteiger partial charge in [0.15, 0.2) is 5.43 Å². The average Bonchev–Trinajstić information content (AvgIpc) is 3.24. The Morgan fingerprint density at radius 1 is 1.07 bits per heavy atom. The van der Waals surface area contributed by atoms with Gasteiger partial charge in [-0.15, -0.1) is 10.2 Å². The molecule has 0 aliphatic carbocycles. The van der Waals surface area contributed by atoms with Crippen LogP contribution in [0.3, 0.4) is 0 Å². The number of nitrogens with zero attached hydrogens (tertiary/aromatic N) is 4. The Balaban J connectivity index is 1.84. The number of aromatic nitrogens is 3. The van der Waals surface area contributed by atoms with Crippen molar-refractivity contribution in [3.05, 3.63) is 80.9 Å². The molecule has 0 saturated heterocycles. The molecule has 1 aliphatic heterocycles. The van der Waals surface area contributed by atoms with Gasteiger partial charge in [-0.25, -0.2) is 0 Å². The number of aryl methyl sites for hydroxylation is 1. The van der Waals surface area contributed by atoms with Gasteiger partial charge in [-0.05, 0) is 36.8 Å². The second-order valence-corrected chi connectivity index (χ2v) is 7.29. The lowest BCUT2D eigenvalue weighted by Gasteiger charge is -2.21. The van der Waals surface area contributed by atoms with Crippen molar-refractivity contribution in [1.82, 2.24) is 15.2 Å². The van der Waals surface area contributed by atoms with Crippen molar-refractivity contribution in [2.75, 3.05) is 4.90 Å². The van der Waals surface area contributed by atoms with Gasteiger partial charge < -0.3 is 4.42 Å². The molecule has 0 N–H and O–H groups in total. The van der Waals surface area contributed by atoms with Crippen molar-refractivity contribution in [2.24, 2.45) is 0 Å². The molecule has 1 aliphatic rings. The molecule has 27 heavy (non-hydrogen) atoms. The van der Waals surface area contributed by atoms with Crippen LogP contribution in [0.4, 0.5) is 5.13 Å². The van der Waals surface area contributed by atoms with Gasteiger partial charge in [-0.3, -0.25) is 19.5 Å². The Morgan fingerprint density at radius 2 is 1.85 bits per heavy atom. The number of para-hydroxylation sites is 1. The predicted molar refractivity (Wildman–Crippen MR) is 100 cm³/mol. The molecular formula is C19H12N4O3S. The molecule has 8 heteroatoms. The van der Waals surface area contributed by atoms with Crippen molar-refractivity contribution < 1.29 is 9.21 Å². The largest absolute Gasteiger partial charge is 0.450 e. The summed E-state index contributed by atoms with van der Waals surface area (Å²) in [5.74, 6) is -0.348. The van der Waals surface area contributed by atoms with Gasteiger partial charge >= 0.3 is 0 Å². The molecule has 132 valence electrons. The second kappa shape index (κ2) is 5.82. The molecule has 1 amide bonds. The van der Waals surface area contributed by atoms with Crippen LogP contribution < -0.4 is 10.3 Å². The average molecular weight is 376 g/mol. The highest BCUT2D eigenvalue weighted by Crippen LogP contribution is 2.41. The zero-order valence-corrected chi connectivity index (χ0v) is 14.9. The number of anilines is 1. The number of hydrogen-bond acceptors (Lipinski definition) is 7. The minimum Gasteiger partial charge on any atom is -0.450 e. The molecule has 1 aromatic carbocycles. The summed E-state index contributed by atoms with van der Waals surface area (Å²) in [6.45, 7) is 1.81. The van der Waals surface area contributed by atoms with Crippen LogP contribution in [0.15, 0.2) is 58.0 Å². The van der Waals surface area contributed by atoms with Crippen LogP contribution in [-0.4, -0.2) is 21.1 Å². The fourth-order valence-electron chi connectivity index (χ4n) is 3.36. The van der Waals surface area contributed by atoms with Crippen molar-refractivity contribution in [3.63, 3.8) is 0 Å². The Bertz CT molecular complexity index is 1250. The maximum absolute atomic E-state index is 13.2. The van der Waals surface area contributed by atoms with E-state index in [9.17, 15) is 9.59 Å². The molecule has 0 spiro atoms. The molecule has 7 nitrogen and oxygen atoms in total. The van der Waals surface area contributed by atoms with Crippen LogP contribution in [0.25, 0.3) is 11.0 Å². The quantitative estimate of drug-likeness (QED) is 0.534. The van der Waals surface area contributed by atoms with E-state index in [1.54, 1.807) is 48.8 Å². The monoisotopic (exact) mass is 376 g/mol. The van der Waals surface area contributed by atoms with E-state index in [0.29, 0.717) is 21.7 Å². The van der Waals surface area contributed by atoms with E-state index in [4.69, 9.17) is 4.42 Å². The highest BCUT2D eigenvalue weighted by Gasteiger charge is 2.45. The topological polar surface area (TPSA) is 89.2 Å². The first-order chi connectivity index (χ1) is 13.1. The molecule has 3 aromatic heterocycles. The van der Waals surface area contributed by atoms with Gasteiger partial charge in [0.1, 0.15) is 10.6 Å². The summed E-state index contributed by atoms with van der Waals surface area (Å²) in [6.07, 6.45) is 3.26. The number of benzene rings is 1. The van der Waals surface area contributed by atoms with Crippen molar-refractivity contribution in [2.45, 2.75) is 13.0 Å². The summed E-state index contributed by atoms with van der Waals surface area (Å²) in [5.41, 5.74) is 1.24. The SMILES string of the molecule is Cc1nnc(N2C(=O)c3oc4ccccc4c(=O)c3C2c2ccncc2)s1. The Morgan fingerprint density at radius 3 is 2.59 bits per heavy atom. The maximum atomic E-state index is 13.2. The van der Waals surface area contributed by atoms with E-state index in [-0.39, 0.29) is 11.2 Å². The number of fused-ring (bicyclic) bond motifs is 2. The Kier molecular flexibility index (Phi) is 3.41. The van der Waals surface area contributed by atoms with E-state index >= 15 is 0 Å². The first kappa shape index (κ1) is 15.8. The van der Waals surface area contributed by atoms with Crippen LogP contribution in [0.2, 0.25) is 0 Å². The molecule has 4 heterocycles. The smallest absolute Gasteiger partial charge is 0.297 e. The molecule has 5 rings (SSSR count). The minimum atomic E-state index is -0.635. The summed E-state index contributed by atoms with van der Waals surface area (Å²) >= 11 is 1.29. The molecule has 0 bridgehead atoms. The number of rotatable bonds is 2. The lowest BCUT2D eigenvalue weighted by atomic mass is 10.00. The van der Waals surface area contributed by atoms with Gasteiger partial charge in [0, 0.05) is 12.4 Å². The molecule has 0 fully saturated rings. The Labute approximate surface area is 156 Å². The summed E-state index contributed by atoms with van der Waals surface area (Å²) in [7, 11) is 0. The van der Waals surface area contributed by atoms with Crippen LogP contribution >= 0.6 is 11.3 Å². The fraction of sp³-hybridized carbons (Fsp3) is 0.105. The maximum Gasteiger partial charge on any atom is 0.297 e. The van der Waals surface area contributed by atoms with Crippen LogP contribution in [0.5, 0.6) is 0 Å². The van der Waals surface area contributed by atoms with Crippen molar-refractivity contribution in [3.8, 4) is 0 Å². The van der Waals surface area contributed by atoms with Crippen LogP contribution in [0.1, 0.15) is 32.7 Å². The lowest BCUT2D eigenvalue weighted by Crippen LogP contribution is -2.29.